The number of benzene rings is 1. The van der Waals surface area contributed by atoms with Crippen LogP contribution in [0.15, 0.2) is 35.6 Å². The number of carbonyl (C=O) groups excluding carboxylic acids is 3. The molecule has 0 aliphatic carbocycles. The Hall–Kier alpha value is -4.44. The van der Waals surface area contributed by atoms with Gasteiger partial charge in [-0.1, -0.05) is 6.58 Å². The summed E-state index contributed by atoms with van der Waals surface area (Å²) in [4.78, 5) is 38.9. The highest BCUT2D eigenvalue weighted by atomic mass is 19.1. The minimum atomic E-state index is -4.63. The molecule has 2 rings (SSSR count). The first kappa shape index (κ1) is 38.7. The summed E-state index contributed by atoms with van der Waals surface area (Å²) >= 11 is 0. The van der Waals surface area contributed by atoms with E-state index in [1.54, 1.807) is 10.2 Å². The van der Waals surface area contributed by atoms with Crippen LogP contribution in [0.4, 0.5) is 4.39 Å². The molecule has 1 aromatic carbocycles. The van der Waals surface area contributed by atoms with Gasteiger partial charge in [0.1, 0.15) is 13.7 Å². The number of morpholine rings is 1. The zero-order valence-corrected chi connectivity index (χ0v) is 25.3. The van der Waals surface area contributed by atoms with Crippen LogP contribution in [0, 0.1) is 5.82 Å². The van der Waals surface area contributed by atoms with Crippen molar-refractivity contribution in [1.29, 1.82) is 0 Å². The van der Waals surface area contributed by atoms with E-state index in [2.05, 4.69) is 11.9 Å². The molecule has 0 saturated carbocycles. The number of carbonyl (C=O) groups is 3. The van der Waals surface area contributed by atoms with E-state index in [4.69, 9.17) is 12.6 Å². The molecule has 2 radical (unpaired) electrons. The second-order valence-corrected chi connectivity index (χ2v) is 10.3. The summed E-state index contributed by atoms with van der Waals surface area (Å²) in [7, 11) is 6.58. The minimum absolute atomic E-state index is 0.152. The van der Waals surface area contributed by atoms with Gasteiger partial charge in [-0.25, -0.2) is 4.39 Å². The average Bonchev–Trinajstić information content (AvgIpc) is 3.04. The number of aliphatic hydroxyl groups is 8. The fourth-order valence-corrected chi connectivity index (χ4v) is 4.41. The first-order valence-electron chi connectivity index (χ1n) is 13.5. The Kier molecular flexibility index (Phi) is 12.4. The SMILES string of the molecule is [B]c1c(O)c(O)c(CN2CCOCC2)c(F)c1CN/C(O)=C\CN(C(=O)/C(C)=C(\O)C(=C)O)C(O)(C(=O)NC)C(O)(O)C(O)(O)C=O. The summed E-state index contributed by atoms with van der Waals surface area (Å²) in [6.45, 7) is 3.12. The van der Waals surface area contributed by atoms with Crippen LogP contribution < -0.4 is 16.1 Å². The first-order valence-corrected chi connectivity index (χ1v) is 13.5. The fourth-order valence-electron chi connectivity index (χ4n) is 4.41. The fraction of sp³-hybridized carbons (Fsp3) is 0.444. The number of hydrogen-bond acceptors (Lipinski definition) is 16. The lowest BCUT2D eigenvalue weighted by Gasteiger charge is -2.47. The van der Waals surface area contributed by atoms with Crippen LogP contribution in [0.3, 0.4) is 0 Å². The summed E-state index contributed by atoms with van der Waals surface area (Å²) < 4.78 is 20.8. The number of aliphatic hydroxyl groups excluding tert-OH is 3. The second-order valence-electron chi connectivity index (χ2n) is 10.3. The molecule has 0 bridgehead atoms. The third-order valence-electron chi connectivity index (χ3n) is 7.31. The Morgan fingerprint density at radius 1 is 1.09 bits per heavy atom. The van der Waals surface area contributed by atoms with E-state index in [0.29, 0.717) is 32.4 Å². The van der Waals surface area contributed by atoms with Gasteiger partial charge in [0.2, 0.25) is 0 Å². The molecule has 1 aromatic rings. The number of ether oxygens (including phenoxy) is 1. The number of nitrogens with one attached hydrogen (secondary N) is 2. The van der Waals surface area contributed by atoms with Crippen molar-refractivity contribution in [3.05, 3.63) is 52.6 Å². The number of amides is 2. The van der Waals surface area contributed by atoms with Crippen molar-refractivity contribution in [1.82, 2.24) is 20.4 Å². The second kappa shape index (κ2) is 15.0. The number of aromatic hydroxyl groups is 2. The summed E-state index contributed by atoms with van der Waals surface area (Å²) in [5.41, 5.74) is -6.52. The lowest BCUT2D eigenvalue weighted by Crippen LogP contribution is -2.79. The molecule has 18 nitrogen and oxygen atoms in total. The molecule has 0 spiro atoms. The van der Waals surface area contributed by atoms with Crippen molar-refractivity contribution < 1.29 is 74.6 Å². The van der Waals surface area contributed by atoms with E-state index in [1.165, 1.54) is 0 Å². The van der Waals surface area contributed by atoms with E-state index in [1.807, 2.05) is 0 Å². The molecule has 1 saturated heterocycles. The van der Waals surface area contributed by atoms with Crippen LogP contribution >= 0.6 is 0 Å². The quantitative estimate of drug-likeness (QED) is 0.0171. The Balaban J connectivity index is 2.57. The maximum absolute atomic E-state index is 15.5. The summed E-state index contributed by atoms with van der Waals surface area (Å²) in [6, 6.07) is 0. The molecule has 20 heteroatoms. The predicted octanol–water partition coefficient (Wildman–Crippen LogP) is -3.92. The number of rotatable bonds is 14. The van der Waals surface area contributed by atoms with E-state index >= 15 is 4.39 Å². The number of phenols is 2. The van der Waals surface area contributed by atoms with Crippen molar-refractivity contribution in [3.8, 4) is 11.5 Å². The Bertz CT molecular complexity index is 1460. The Morgan fingerprint density at radius 3 is 2.17 bits per heavy atom. The zero-order chi connectivity index (χ0) is 36.1. The van der Waals surface area contributed by atoms with Crippen molar-refractivity contribution in [2.24, 2.45) is 0 Å². The van der Waals surface area contributed by atoms with Gasteiger partial charge >= 0.3 is 0 Å². The molecule has 1 fully saturated rings. The van der Waals surface area contributed by atoms with Crippen LogP contribution in [0.2, 0.25) is 0 Å². The van der Waals surface area contributed by atoms with Gasteiger partial charge in [-0.05, 0) is 18.5 Å². The molecule has 1 aliphatic heterocycles. The highest BCUT2D eigenvalue weighted by Gasteiger charge is 2.69. The van der Waals surface area contributed by atoms with Gasteiger partial charge in [0, 0.05) is 50.9 Å². The van der Waals surface area contributed by atoms with E-state index in [9.17, 15) is 65.4 Å². The van der Waals surface area contributed by atoms with Crippen LogP contribution in [0.1, 0.15) is 18.1 Å². The van der Waals surface area contributed by atoms with Crippen molar-refractivity contribution in [3.63, 3.8) is 0 Å². The highest BCUT2D eigenvalue weighted by Crippen LogP contribution is 2.35. The molecule has 1 atom stereocenters. The molecule has 258 valence electrons. The van der Waals surface area contributed by atoms with Gasteiger partial charge < -0.3 is 66.4 Å². The third kappa shape index (κ3) is 7.59. The molecule has 1 aliphatic rings. The summed E-state index contributed by atoms with van der Waals surface area (Å²) in [5.74, 6) is -18.7. The normalized spacial score (nSPS) is 16.5. The van der Waals surface area contributed by atoms with E-state index in [-0.39, 0.29) is 17.0 Å². The first-order chi connectivity index (χ1) is 21.7. The van der Waals surface area contributed by atoms with Gasteiger partial charge in [-0.15, -0.1) is 0 Å². The number of halogens is 1. The molecule has 1 heterocycles. The van der Waals surface area contributed by atoms with Crippen molar-refractivity contribution >= 4 is 31.4 Å². The maximum atomic E-state index is 15.5. The molecular weight excluding hydrogens is 634 g/mol. The molecule has 0 aromatic heterocycles. The molecular formula is C27H36BFN4O14. The summed E-state index contributed by atoms with van der Waals surface area (Å²) in [5, 5.41) is 107. The lowest BCUT2D eigenvalue weighted by atomic mass is 9.86. The molecule has 47 heavy (non-hydrogen) atoms. The third-order valence-corrected chi connectivity index (χ3v) is 7.31. The topological polar surface area (TPSA) is 293 Å². The Morgan fingerprint density at radius 2 is 1.66 bits per heavy atom. The highest BCUT2D eigenvalue weighted by molar-refractivity contribution is 6.35. The molecule has 12 N–H and O–H groups in total. The Labute approximate surface area is 267 Å². The van der Waals surface area contributed by atoms with Crippen LogP contribution in [0.25, 0.3) is 0 Å². The van der Waals surface area contributed by atoms with Crippen molar-refractivity contribution in [2.75, 3.05) is 39.9 Å². The number of aldehydes is 1. The van der Waals surface area contributed by atoms with Gasteiger partial charge in [0.15, 0.2) is 35.2 Å². The number of hydrogen-bond donors (Lipinski definition) is 12. The van der Waals surface area contributed by atoms with Gasteiger partial charge in [0.05, 0.1) is 18.8 Å². The van der Waals surface area contributed by atoms with Crippen LogP contribution in [0.5, 0.6) is 11.5 Å². The molecule has 1 unspecified atom stereocenters. The van der Waals surface area contributed by atoms with Gasteiger partial charge in [-0.2, -0.15) is 0 Å². The van der Waals surface area contributed by atoms with Crippen LogP contribution in [-0.2, 0) is 32.2 Å². The summed E-state index contributed by atoms with van der Waals surface area (Å²) in [6.07, 6.45) is -0.339. The lowest BCUT2D eigenvalue weighted by molar-refractivity contribution is -0.398. The smallest absolute Gasteiger partial charge is 0.285 e. The van der Waals surface area contributed by atoms with E-state index in [0.717, 1.165) is 14.0 Å². The van der Waals surface area contributed by atoms with Crippen LogP contribution in [-0.4, -0.2) is 144 Å². The number of phenolic OH excluding ortho intramolecular Hbond substituents is 2. The van der Waals surface area contributed by atoms with E-state index < -0.39 is 99.8 Å². The monoisotopic (exact) mass is 670 g/mol. The maximum Gasteiger partial charge on any atom is 0.285 e. The largest absolute Gasteiger partial charge is 0.505 e. The average molecular weight is 670 g/mol. The number of likely N-dealkylation sites (N-methyl/N-ethyl adjacent to an activating group) is 1. The standard InChI is InChI=1S/C27H36BFN4O14/c1-13(20(37)14(2)35)23(40)33(26(44,24(41)30-3)27(45,46)25(42,43)12-34)5-4-17(36)31-10-15-18(28)22(39)21(38)16(19(15)29)11-32-6-8-47-9-7-32/h4,12,31,35-39,42-46H,2,5-11H2,1,3H3,(H,30,41)/b17-4+,20-13-. The minimum Gasteiger partial charge on any atom is -0.505 e. The predicted molar refractivity (Wildman–Crippen MR) is 157 cm³/mol. The van der Waals surface area contributed by atoms with Gasteiger partial charge in [0.25, 0.3) is 29.1 Å². The van der Waals surface area contributed by atoms with Gasteiger partial charge in [-0.3, -0.25) is 24.2 Å². The zero-order valence-electron chi connectivity index (χ0n) is 25.3. The molecule has 2 amide bonds. The van der Waals surface area contributed by atoms with Crippen molar-refractivity contribution in [2.45, 2.75) is 37.3 Å². The number of nitrogens with zero attached hydrogens (tertiary/aromatic N) is 2.